The highest BCUT2D eigenvalue weighted by Crippen LogP contribution is 2.22. The molecule has 2 aromatic rings. The maximum absolute atomic E-state index is 14.1. The van der Waals surface area contributed by atoms with Gasteiger partial charge in [0.15, 0.2) is 0 Å². The van der Waals surface area contributed by atoms with Crippen molar-refractivity contribution in [2.24, 2.45) is 0 Å². The van der Waals surface area contributed by atoms with E-state index in [1.165, 1.54) is 30.2 Å². The van der Waals surface area contributed by atoms with E-state index in [0.717, 1.165) is 5.56 Å². The molecule has 5 nitrogen and oxygen atoms in total. The van der Waals surface area contributed by atoms with E-state index in [2.05, 4.69) is 4.74 Å². The highest BCUT2D eigenvalue weighted by molar-refractivity contribution is 6.33. The van der Waals surface area contributed by atoms with Gasteiger partial charge in [0.2, 0.25) is 0 Å². The first kappa shape index (κ1) is 19.7. The lowest BCUT2D eigenvalue weighted by Gasteiger charge is -2.23. The molecule has 2 rings (SSSR count). The van der Waals surface area contributed by atoms with Crippen molar-refractivity contribution in [1.29, 1.82) is 0 Å². The minimum atomic E-state index is -0.708. The van der Waals surface area contributed by atoms with E-state index in [9.17, 15) is 14.0 Å². The number of halogens is 2. The van der Waals surface area contributed by atoms with Crippen LogP contribution in [0.25, 0.3) is 0 Å². The minimum Gasteiger partial charge on any atom is -0.497 e. The van der Waals surface area contributed by atoms with E-state index in [-0.39, 0.29) is 30.1 Å². The molecule has 1 amide bonds. The van der Waals surface area contributed by atoms with Gasteiger partial charge in [0.25, 0.3) is 5.91 Å². The van der Waals surface area contributed by atoms with Gasteiger partial charge in [-0.3, -0.25) is 9.59 Å². The summed E-state index contributed by atoms with van der Waals surface area (Å²) in [6.07, 6.45) is -0.00946. The van der Waals surface area contributed by atoms with Crippen LogP contribution in [0.2, 0.25) is 5.02 Å². The van der Waals surface area contributed by atoms with Crippen molar-refractivity contribution >= 4 is 23.5 Å². The zero-order valence-corrected chi connectivity index (χ0v) is 15.3. The molecule has 0 saturated heterocycles. The van der Waals surface area contributed by atoms with Crippen LogP contribution in [0.15, 0.2) is 42.5 Å². The Balaban J connectivity index is 2.27. The number of carbonyl (C=O) groups is 2. The first-order chi connectivity index (χ1) is 12.5. The molecule has 0 unspecified atom stereocenters. The lowest BCUT2D eigenvalue weighted by molar-refractivity contribution is -0.140. The summed E-state index contributed by atoms with van der Waals surface area (Å²) in [6.45, 7) is 0.257. The Labute approximate surface area is 156 Å². The molecule has 0 spiro atoms. The van der Waals surface area contributed by atoms with Crippen LogP contribution in [-0.4, -0.2) is 37.5 Å². The molecule has 0 fully saturated rings. The zero-order valence-electron chi connectivity index (χ0n) is 14.5. The maximum atomic E-state index is 14.1. The number of benzene rings is 2. The quantitative estimate of drug-likeness (QED) is 0.688. The summed E-state index contributed by atoms with van der Waals surface area (Å²) in [6, 6.07) is 11.1. The molecule has 138 valence electrons. The van der Waals surface area contributed by atoms with Crippen molar-refractivity contribution < 1.29 is 23.5 Å². The van der Waals surface area contributed by atoms with Gasteiger partial charge in [-0.15, -0.1) is 0 Å². The molecule has 26 heavy (non-hydrogen) atoms. The third-order valence-corrected chi connectivity index (χ3v) is 4.12. The van der Waals surface area contributed by atoms with Crippen molar-refractivity contribution in [2.45, 2.75) is 13.0 Å². The predicted molar refractivity (Wildman–Crippen MR) is 95.8 cm³/mol. The van der Waals surface area contributed by atoms with Crippen LogP contribution in [0.5, 0.6) is 5.75 Å². The Morgan fingerprint density at radius 1 is 1.12 bits per heavy atom. The smallest absolute Gasteiger partial charge is 0.307 e. The average Bonchev–Trinajstić information content (AvgIpc) is 2.65. The van der Waals surface area contributed by atoms with Gasteiger partial charge in [-0.25, -0.2) is 4.39 Å². The maximum Gasteiger partial charge on any atom is 0.307 e. The largest absolute Gasteiger partial charge is 0.497 e. The van der Waals surface area contributed by atoms with E-state index in [4.69, 9.17) is 16.3 Å². The lowest BCUT2D eigenvalue weighted by atomic mass is 10.1. The Bertz CT molecular complexity index is 759. The molecule has 0 aromatic heterocycles. The fourth-order valence-electron chi connectivity index (χ4n) is 2.39. The van der Waals surface area contributed by atoms with E-state index in [1.54, 1.807) is 31.4 Å². The average molecular weight is 380 g/mol. The second kappa shape index (κ2) is 9.20. The Morgan fingerprint density at radius 2 is 1.81 bits per heavy atom. The third-order valence-electron chi connectivity index (χ3n) is 3.81. The number of hydrogen-bond acceptors (Lipinski definition) is 4. The van der Waals surface area contributed by atoms with Crippen LogP contribution in [0, 0.1) is 5.82 Å². The Kier molecular flexibility index (Phi) is 6.97. The first-order valence-corrected chi connectivity index (χ1v) is 8.27. The molecule has 0 radical (unpaired) electrons. The lowest BCUT2D eigenvalue weighted by Crippen LogP contribution is -2.33. The van der Waals surface area contributed by atoms with E-state index in [1.807, 2.05) is 0 Å². The number of esters is 1. The molecule has 0 saturated carbocycles. The first-order valence-electron chi connectivity index (χ1n) is 7.89. The molecule has 2 aromatic carbocycles. The van der Waals surface area contributed by atoms with E-state index < -0.39 is 17.7 Å². The summed E-state index contributed by atoms with van der Waals surface area (Å²) in [7, 11) is 2.83. The third kappa shape index (κ3) is 4.95. The van der Waals surface area contributed by atoms with Crippen molar-refractivity contribution in [1.82, 2.24) is 4.90 Å². The van der Waals surface area contributed by atoms with Crippen LogP contribution in [0.4, 0.5) is 4.39 Å². The van der Waals surface area contributed by atoms with Crippen LogP contribution >= 0.6 is 11.6 Å². The van der Waals surface area contributed by atoms with Crippen molar-refractivity contribution in [3.05, 3.63) is 64.4 Å². The summed E-state index contributed by atoms with van der Waals surface area (Å²) in [4.78, 5) is 25.7. The van der Waals surface area contributed by atoms with Gasteiger partial charge in [0, 0.05) is 13.1 Å². The summed E-state index contributed by atoms with van der Waals surface area (Å²) in [5, 5.41) is 0.0211. The van der Waals surface area contributed by atoms with Gasteiger partial charge in [-0.05, 0) is 29.8 Å². The standard InChI is InChI=1S/C19H19ClFNO4/c1-25-14-8-6-13(7-9-14)12-22(11-10-17(23)26-2)19(24)18-15(20)4-3-5-16(18)21/h3-9H,10-12H2,1-2H3. The number of carbonyl (C=O) groups excluding carboxylic acids is 2. The van der Waals surface area contributed by atoms with E-state index in [0.29, 0.717) is 5.75 Å². The molecule has 0 aliphatic carbocycles. The Hall–Kier alpha value is -2.60. The van der Waals surface area contributed by atoms with Crippen molar-refractivity contribution in [3.8, 4) is 5.75 Å². The van der Waals surface area contributed by atoms with Crippen LogP contribution in [0.1, 0.15) is 22.3 Å². The molecule has 0 heterocycles. The second-order valence-corrected chi connectivity index (χ2v) is 5.90. The van der Waals surface area contributed by atoms with Gasteiger partial charge in [-0.1, -0.05) is 29.8 Å². The molecule has 7 heteroatoms. The monoisotopic (exact) mass is 379 g/mol. The van der Waals surface area contributed by atoms with Gasteiger partial charge in [0.05, 0.1) is 31.2 Å². The molecular weight excluding hydrogens is 361 g/mol. The molecule has 0 N–H and O–H groups in total. The Morgan fingerprint density at radius 3 is 2.38 bits per heavy atom. The van der Waals surface area contributed by atoms with Crippen molar-refractivity contribution in [2.75, 3.05) is 20.8 Å². The SMILES string of the molecule is COC(=O)CCN(Cc1ccc(OC)cc1)C(=O)c1c(F)cccc1Cl. The number of ether oxygens (including phenoxy) is 2. The van der Waals surface area contributed by atoms with Crippen LogP contribution in [-0.2, 0) is 16.1 Å². The summed E-state index contributed by atoms with van der Waals surface area (Å²) >= 11 is 6.01. The normalized spacial score (nSPS) is 10.3. The molecular formula is C19H19ClFNO4. The van der Waals surface area contributed by atoms with Crippen LogP contribution in [0.3, 0.4) is 0 Å². The topological polar surface area (TPSA) is 55.8 Å². The summed E-state index contributed by atoms with van der Waals surface area (Å²) in [5.41, 5.74) is 0.587. The van der Waals surface area contributed by atoms with Gasteiger partial charge < -0.3 is 14.4 Å². The number of hydrogen-bond donors (Lipinski definition) is 0. The molecule has 0 atom stereocenters. The fourth-order valence-corrected chi connectivity index (χ4v) is 2.64. The summed E-state index contributed by atoms with van der Waals surface area (Å²) in [5.74, 6) is -1.08. The number of rotatable bonds is 7. The highest BCUT2D eigenvalue weighted by Gasteiger charge is 2.23. The predicted octanol–water partition coefficient (Wildman–Crippen LogP) is 3.69. The molecule has 0 aliphatic heterocycles. The summed E-state index contributed by atoms with van der Waals surface area (Å²) < 4.78 is 23.9. The van der Waals surface area contributed by atoms with Crippen molar-refractivity contribution in [3.63, 3.8) is 0 Å². The van der Waals surface area contributed by atoms with Gasteiger partial charge >= 0.3 is 5.97 Å². The molecule has 0 bridgehead atoms. The van der Waals surface area contributed by atoms with E-state index >= 15 is 0 Å². The van der Waals surface area contributed by atoms with Crippen LogP contribution < -0.4 is 4.74 Å². The number of methoxy groups -OCH3 is 2. The number of nitrogens with zero attached hydrogens (tertiary/aromatic N) is 1. The fraction of sp³-hybridized carbons (Fsp3) is 0.263. The second-order valence-electron chi connectivity index (χ2n) is 5.50. The minimum absolute atomic E-state index is 0.00946. The molecule has 0 aliphatic rings. The number of amides is 1. The van der Waals surface area contributed by atoms with Gasteiger partial charge in [-0.2, -0.15) is 0 Å². The highest BCUT2D eigenvalue weighted by atomic mass is 35.5. The van der Waals surface area contributed by atoms with Gasteiger partial charge in [0.1, 0.15) is 11.6 Å². The zero-order chi connectivity index (χ0) is 19.1.